The average molecular weight is 256 g/mol. The number of ether oxygens (including phenoxy) is 2. The van der Waals surface area contributed by atoms with Gasteiger partial charge in [0.05, 0.1) is 12.3 Å². The van der Waals surface area contributed by atoms with Gasteiger partial charge in [0.25, 0.3) is 0 Å². The van der Waals surface area contributed by atoms with Crippen molar-refractivity contribution in [1.82, 2.24) is 0 Å². The molecule has 0 radical (unpaired) electrons. The second kappa shape index (κ2) is 5.72. The summed E-state index contributed by atoms with van der Waals surface area (Å²) in [5.74, 6) is -0.591. The molecule has 1 heterocycles. The second-order valence-electron chi connectivity index (χ2n) is 5.40. The summed E-state index contributed by atoms with van der Waals surface area (Å²) in [6.07, 6.45) is 1.25. The van der Waals surface area contributed by atoms with Crippen LogP contribution in [0.1, 0.15) is 53.9 Å². The molecule has 0 bridgehead atoms. The van der Waals surface area contributed by atoms with Crippen molar-refractivity contribution in [3.63, 3.8) is 0 Å². The minimum Gasteiger partial charge on any atom is -0.458 e. The molecule has 3 unspecified atom stereocenters. The van der Waals surface area contributed by atoms with Crippen molar-refractivity contribution >= 4 is 11.9 Å². The summed E-state index contributed by atoms with van der Waals surface area (Å²) in [4.78, 5) is 23.6. The topological polar surface area (TPSA) is 52.6 Å². The SMILES string of the molecule is CCC(C)C(=O)OC1(C(C)C)CC(=O)OC1CC. The van der Waals surface area contributed by atoms with Gasteiger partial charge in [0.15, 0.2) is 5.60 Å². The van der Waals surface area contributed by atoms with Crippen LogP contribution in [-0.2, 0) is 19.1 Å². The molecule has 0 N–H and O–H groups in total. The molecule has 0 aromatic rings. The Labute approximate surface area is 109 Å². The fourth-order valence-electron chi connectivity index (χ4n) is 2.32. The van der Waals surface area contributed by atoms with E-state index in [1.54, 1.807) is 0 Å². The molecule has 1 aliphatic rings. The van der Waals surface area contributed by atoms with Crippen LogP contribution in [0.25, 0.3) is 0 Å². The molecule has 0 aromatic carbocycles. The van der Waals surface area contributed by atoms with E-state index in [-0.39, 0.29) is 36.3 Å². The molecule has 0 aromatic heterocycles. The van der Waals surface area contributed by atoms with Gasteiger partial charge in [0, 0.05) is 0 Å². The Morgan fingerprint density at radius 1 is 1.44 bits per heavy atom. The van der Waals surface area contributed by atoms with Crippen molar-refractivity contribution in [2.24, 2.45) is 11.8 Å². The van der Waals surface area contributed by atoms with Gasteiger partial charge in [-0.2, -0.15) is 0 Å². The summed E-state index contributed by atoms with van der Waals surface area (Å²) < 4.78 is 11.0. The number of esters is 2. The van der Waals surface area contributed by atoms with E-state index in [1.165, 1.54) is 0 Å². The first-order valence-corrected chi connectivity index (χ1v) is 6.79. The van der Waals surface area contributed by atoms with Crippen molar-refractivity contribution < 1.29 is 19.1 Å². The quantitative estimate of drug-likeness (QED) is 0.710. The molecule has 4 heteroatoms. The van der Waals surface area contributed by atoms with Crippen LogP contribution in [0.4, 0.5) is 0 Å². The van der Waals surface area contributed by atoms with Crippen LogP contribution in [0.15, 0.2) is 0 Å². The summed E-state index contributed by atoms with van der Waals surface area (Å²) >= 11 is 0. The maximum Gasteiger partial charge on any atom is 0.310 e. The van der Waals surface area contributed by atoms with Crippen molar-refractivity contribution in [3.8, 4) is 0 Å². The molecule has 0 aliphatic carbocycles. The predicted octanol–water partition coefficient (Wildman–Crippen LogP) is 2.70. The predicted molar refractivity (Wildman–Crippen MR) is 67.9 cm³/mol. The molecule has 1 aliphatic heterocycles. The fraction of sp³-hybridized carbons (Fsp3) is 0.857. The zero-order valence-electron chi connectivity index (χ0n) is 12.0. The lowest BCUT2D eigenvalue weighted by Gasteiger charge is -2.36. The molecule has 18 heavy (non-hydrogen) atoms. The monoisotopic (exact) mass is 256 g/mol. The molecule has 1 rings (SSSR count). The van der Waals surface area contributed by atoms with Gasteiger partial charge in [-0.05, 0) is 18.8 Å². The Balaban J connectivity index is 2.94. The van der Waals surface area contributed by atoms with Gasteiger partial charge in [0.1, 0.15) is 6.10 Å². The zero-order chi connectivity index (χ0) is 13.9. The van der Waals surface area contributed by atoms with Crippen LogP contribution >= 0.6 is 0 Å². The number of hydrogen-bond acceptors (Lipinski definition) is 4. The van der Waals surface area contributed by atoms with Gasteiger partial charge >= 0.3 is 11.9 Å². The molecule has 4 nitrogen and oxygen atoms in total. The lowest BCUT2D eigenvalue weighted by atomic mass is 9.82. The van der Waals surface area contributed by atoms with Gasteiger partial charge in [-0.25, -0.2) is 0 Å². The van der Waals surface area contributed by atoms with E-state index in [9.17, 15) is 9.59 Å². The van der Waals surface area contributed by atoms with Crippen molar-refractivity contribution in [1.29, 1.82) is 0 Å². The standard InChI is InChI=1S/C14H24O4/c1-6-10(5)13(16)18-14(9(3)4)8-12(15)17-11(14)7-2/h9-11H,6-8H2,1-5H3. The highest BCUT2D eigenvalue weighted by Gasteiger charge is 2.53. The Morgan fingerprint density at radius 2 is 2.06 bits per heavy atom. The van der Waals surface area contributed by atoms with Crippen molar-refractivity contribution in [2.45, 2.75) is 65.6 Å². The fourth-order valence-corrected chi connectivity index (χ4v) is 2.32. The largest absolute Gasteiger partial charge is 0.458 e. The number of carbonyl (C=O) groups is 2. The summed E-state index contributed by atoms with van der Waals surface area (Å²) in [7, 11) is 0. The van der Waals surface area contributed by atoms with E-state index >= 15 is 0 Å². The summed E-state index contributed by atoms with van der Waals surface area (Å²) in [5, 5.41) is 0. The third-order valence-corrected chi connectivity index (χ3v) is 3.89. The lowest BCUT2D eigenvalue weighted by molar-refractivity contribution is -0.178. The minimum absolute atomic E-state index is 0.0573. The highest BCUT2D eigenvalue weighted by molar-refractivity contribution is 5.77. The number of hydrogen-bond donors (Lipinski definition) is 0. The van der Waals surface area contributed by atoms with Crippen molar-refractivity contribution in [3.05, 3.63) is 0 Å². The Hall–Kier alpha value is -1.06. The van der Waals surface area contributed by atoms with Crippen LogP contribution in [0.5, 0.6) is 0 Å². The Morgan fingerprint density at radius 3 is 2.50 bits per heavy atom. The van der Waals surface area contributed by atoms with E-state index in [2.05, 4.69) is 0 Å². The molecule has 104 valence electrons. The highest BCUT2D eigenvalue weighted by Crippen LogP contribution is 2.39. The van der Waals surface area contributed by atoms with Gasteiger partial charge in [-0.1, -0.05) is 34.6 Å². The Bertz CT molecular complexity index is 324. The normalized spacial score (nSPS) is 29.2. The van der Waals surface area contributed by atoms with E-state index in [4.69, 9.17) is 9.47 Å². The van der Waals surface area contributed by atoms with E-state index in [0.29, 0.717) is 6.42 Å². The van der Waals surface area contributed by atoms with Gasteiger partial charge in [0.2, 0.25) is 0 Å². The lowest BCUT2D eigenvalue weighted by Crippen LogP contribution is -2.48. The second-order valence-corrected chi connectivity index (χ2v) is 5.40. The van der Waals surface area contributed by atoms with Crippen molar-refractivity contribution in [2.75, 3.05) is 0 Å². The number of rotatable bonds is 5. The summed E-state index contributed by atoms with van der Waals surface area (Å²) in [5.41, 5.74) is -0.785. The molecule has 1 saturated heterocycles. The van der Waals surface area contributed by atoms with E-state index < -0.39 is 5.60 Å². The van der Waals surface area contributed by atoms with Gasteiger partial charge < -0.3 is 9.47 Å². The smallest absolute Gasteiger partial charge is 0.310 e. The third kappa shape index (κ3) is 2.68. The third-order valence-electron chi connectivity index (χ3n) is 3.89. The highest BCUT2D eigenvalue weighted by atomic mass is 16.6. The molecule has 0 amide bonds. The number of carbonyl (C=O) groups excluding carboxylic acids is 2. The molecule has 0 saturated carbocycles. The molecule has 3 atom stereocenters. The molecular weight excluding hydrogens is 232 g/mol. The maximum atomic E-state index is 12.0. The van der Waals surface area contributed by atoms with E-state index in [0.717, 1.165) is 6.42 Å². The molecular formula is C14H24O4. The zero-order valence-corrected chi connectivity index (χ0v) is 12.0. The van der Waals surface area contributed by atoms with Crippen LogP contribution in [0.3, 0.4) is 0 Å². The summed E-state index contributed by atoms with van der Waals surface area (Å²) in [6.45, 7) is 9.66. The minimum atomic E-state index is -0.785. The van der Waals surface area contributed by atoms with Gasteiger partial charge in [-0.15, -0.1) is 0 Å². The average Bonchev–Trinajstić information content (AvgIpc) is 2.65. The maximum absolute atomic E-state index is 12.0. The van der Waals surface area contributed by atoms with Crippen LogP contribution in [0, 0.1) is 11.8 Å². The first kappa shape index (κ1) is 15.0. The summed E-state index contributed by atoms with van der Waals surface area (Å²) in [6, 6.07) is 0. The van der Waals surface area contributed by atoms with Gasteiger partial charge in [-0.3, -0.25) is 9.59 Å². The first-order valence-electron chi connectivity index (χ1n) is 6.79. The Kier molecular flexibility index (Phi) is 4.77. The number of cyclic esters (lactones) is 1. The first-order chi connectivity index (χ1) is 8.37. The van der Waals surface area contributed by atoms with E-state index in [1.807, 2.05) is 34.6 Å². The van der Waals surface area contributed by atoms with Crippen LogP contribution in [-0.4, -0.2) is 23.6 Å². The molecule has 1 fully saturated rings. The molecule has 0 spiro atoms. The van der Waals surface area contributed by atoms with Crippen LogP contribution < -0.4 is 0 Å². The van der Waals surface area contributed by atoms with Crippen LogP contribution in [0.2, 0.25) is 0 Å².